The molecule has 1 N–H and O–H groups in total. The smallest absolute Gasteiger partial charge is 0.357 e. The van der Waals surface area contributed by atoms with Crippen LogP contribution in [0.5, 0.6) is 5.75 Å². The molecule has 0 aliphatic rings. The molecule has 2 aromatic heterocycles. The molecule has 0 saturated carbocycles. The van der Waals surface area contributed by atoms with Crippen molar-refractivity contribution in [1.29, 1.82) is 0 Å². The van der Waals surface area contributed by atoms with E-state index >= 15 is 0 Å². The second kappa shape index (κ2) is 7.66. The highest BCUT2D eigenvalue weighted by Crippen LogP contribution is 2.39. The third-order valence-electron chi connectivity index (χ3n) is 4.11. The number of nitrogens with zero attached hydrogens (tertiary/aromatic N) is 3. The van der Waals surface area contributed by atoms with Crippen LogP contribution in [-0.2, 0) is 4.74 Å². The van der Waals surface area contributed by atoms with Crippen LogP contribution in [0.25, 0.3) is 27.6 Å². The molecule has 0 amide bonds. The first kappa shape index (κ1) is 17.9. The van der Waals surface area contributed by atoms with Crippen LogP contribution in [-0.4, -0.2) is 32.4 Å². The van der Waals surface area contributed by atoms with E-state index in [2.05, 4.69) is 10.1 Å². The zero-order chi connectivity index (χ0) is 19.5. The molecule has 0 spiro atoms. The van der Waals surface area contributed by atoms with Gasteiger partial charge < -0.3 is 9.84 Å². The topological polar surface area (TPSA) is 77.2 Å². The minimum atomic E-state index is -0.481. The number of ether oxygens (including phenoxy) is 1. The van der Waals surface area contributed by atoms with Gasteiger partial charge >= 0.3 is 5.97 Å². The lowest BCUT2D eigenvalue weighted by atomic mass is 10.1. The van der Waals surface area contributed by atoms with Gasteiger partial charge in [-0.1, -0.05) is 60.7 Å². The van der Waals surface area contributed by atoms with E-state index in [-0.39, 0.29) is 18.1 Å². The van der Waals surface area contributed by atoms with Gasteiger partial charge in [0.1, 0.15) is 11.4 Å². The largest absolute Gasteiger partial charge is 0.504 e. The average Bonchev–Trinajstić information content (AvgIpc) is 3.34. The number of benzene rings is 2. The summed E-state index contributed by atoms with van der Waals surface area (Å²) in [4.78, 5) is 16.3. The Kier molecular flexibility index (Phi) is 4.90. The van der Waals surface area contributed by atoms with E-state index in [0.29, 0.717) is 16.5 Å². The van der Waals surface area contributed by atoms with E-state index in [9.17, 15) is 9.90 Å². The number of thiazole rings is 1. The first-order valence-corrected chi connectivity index (χ1v) is 9.63. The van der Waals surface area contributed by atoms with Crippen molar-refractivity contribution in [3.63, 3.8) is 0 Å². The molecule has 0 aliphatic carbocycles. The lowest BCUT2D eigenvalue weighted by Crippen LogP contribution is -2.06. The Bertz CT molecular complexity index is 1100. The number of rotatable bonds is 5. The quantitative estimate of drug-likeness (QED) is 0.505. The zero-order valence-corrected chi connectivity index (χ0v) is 15.9. The predicted octanol–water partition coefficient (Wildman–Crippen LogP) is 4.55. The molecule has 28 heavy (non-hydrogen) atoms. The Morgan fingerprint density at radius 1 is 1.07 bits per heavy atom. The van der Waals surface area contributed by atoms with Gasteiger partial charge in [-0.25, -0.2) is 14.5 Å². The standard InChI is InChI=1S/C21H17N3O3S/c1-2-27-20(26)16-13-28-21(22-16)24-18(15-11-7-4-8-12-15)19(25)17(23-24)14-9-5-3-6-10-14/h3-13,25H,2H2,1H3. The maximum Gasteiger partial charge on any atom is 0.357 e. The van der Waals surface area contributed by atoms with Gasteiger partial charge in [-0.2, -0.15) is 5.10 Å². The monoisotopic (exact) mass is 391 g/mol. The van der Waals surface area contributed by atoms with Crippen molar-refractivity contribution in [1.82, 2.24) is 14.8 Å². The summed E-state index contributed by atoms with van der Waals surface area (Å²) < 4.78 is 6.59. The molecule has 2 heterocycles. The molecule has 6 nitrogen and oxygen atoms in total. The van der Waals surface area contributed by atoms with Gasteiger partial charge in [-0.15, -0.1) is 11.3 Å². The second-order valence-electron chi connectivity index (χ2n) is 5.93. The van der Waals surface area contributed by atoms with Gasteiger partial charge in [-0.3, -0.25) is 0 Å². The molecule has 0 fully saturated rings. The highest BCUT2D eigenvalue weighted by molar-refractivity contribution is 7.12. The number of aromatic hydroxyl groups is 1. The van der Waals surface area contributed by atoms with Crippen LogP contribution < -0.4 is 0 Å². The van der Waals surface area contributed by atoms with Crippen LogP contribution in [0.4, 0.5) is 0 Å². The van der Waals surface area contributed by atoms with E-state index < -0.39 is 5.97 Å². The molecule has 4 rings (SSSR count). The molecule has 2 aromatic carbocycles. The predicted molar refractivity (Wildman–Crippen MR) is 108 cm³/mol. The van der Waals surface area contributed by atoms with Crippen molar-refractivity contribution in [2.45, 2.75) is 6.92 Å². The lowest BCUT2D eigenvalue weighted by molar-refractivity contribution is 0.0520. The molecule has 0 saturated heterocycles. The maximum absolute atomic E-state index is 12.0. The minimum Gasteiger partial charge on any atom is -0.504 e. The maximum atomic E-state index is 12.0. The summed E-state index contributed by atoms with van der Waals surface area (Å²) in [5.41, 5.74) is 2.77. The molecule has 7 heteroatoms. The summed E-state index contributed by atoms with van der Waals surface area (Å²) in [6, 6.07) is 18.9. The third kappa shape index (κ3) is 3.27. The molecule has 0 atom stereocenters. The van der Waals surface area contributed by atoms with E-state index in [1.54, 1.807) is 17.0 Å². The Balaban J connectivity index is 1.88. The number of aromatic nitrogens is 3. The summed E-state index contributed by atoms with van der Waals surface area (Å²) in [6.07, 6.45) is 0. The average molecular weight is 391 g/mol. The molecular formula is C21H17N3O3S. The molecule has 0 aliphatic heterocycles. The highest BCUT2D eigenvalue weighted by Gasteiger charge is 2.23. The first-order chi connectivity index (χ1) is 13.7. The van der Waals surface area contributed by atoms with Crippen LogP contribution in [0, 0.1) is 0 Å². The third-order valence-corrected chi connectivity index (χ3v) is 4.93. The fourth-order valence-corrected chi connectivity index (χ4v) is 3.60. The van der Waals surface area contributed by atoms with Crippen LogP contribution in [0.1, 0.15) is 17.4 Å². The molecule has 0 unspecified atom stereocenters. The van der Waals surface area contributed by atoms with Gasteiger partial charge in [-0.05, 0) is 6.92 Å². The summed E-state index contributed by atoms with van der Waals surface area (Å²) in [7, 11) is 0. The zero-order valence-electron chi connectivity index (χ0n) is 15.1. The molecule has 140 valence electrons. The van der Waals surface area contributed by atoms with Crippen molar-refractivity contribution in [2.75, 3.05) is 6.61 Å². The van der Waals surface area contributed by atoms with E-state index in [0.717, 1.165) is 11.1 Å². The number of hydrogen-bond donors (Lipinski definition) is 1. The van der Waals surface area contributed by atoms with Gasteiger partial charge in [0.25, 0.3) is 0 Å². The number of esters is 1. The van der Waals surface area contributed by atoms with Gasteiger partial charge in [0.05, 0.1) is 6.61 Å². The van der Waals surface area contributed by atoms with Crippen molar-refractivity contribution in [3.8, 4) is 33.4 Å². The van der Waals surface area contributed by atoms with Gasteiger partial charge in [0, 0.05) is 16.5 Å². The van der Waals surface area contributed by atoms with Gasteiger partial charge in [0.15, 0.2) is 11.4 Å². The number of hydrogen-bond acceptors (Lipinski definition) is 6. The SMILES string of the molecule is CCOC(=O)c1csc(-n2nc(-c3ccccc3)c(O)c2-c2ccccc2)n1. The summed E-state index contributed by atoms with van der Waals surface area (Å²) in [5, 5.41) is 17.7. The summed E-state index contributed by atoms with van der Waals surface area (Å²) in [5.74, 6) is -0.420. The Hall–Kier alpha value is -3.45. The minimum absolute atomic E-state index is 0.0604. The Morgan fingerprint density at radius 3 is 2.36 bits per heavy atom. The lowest BCUT2D eigenvalue weighted by Gasteiger charge is -2.04. The Labute approximate surface area is 165 Å². The van der Waals surface area contributed by atoms with E-state index in [1.165, 1.54) is 11.3 Å². The first-order valence-electron chi connectivity index (χ1n) is 8.75. The molecule has 0 radical (unpaired) electrons. The fraction of sp³-hybridized carbons (Fsp3) is 0.0952. The van der Waals surface area contributed by atoms with Crippen molar-refractivity contribution >= 4 is 17.3 Å². The summed E-state index contributed by atoms with van der Waals surface area (Å²) >= 11 is 1.26. The normalized spacial score (nSPS) is 10.8. The highest BCUT2D eigenvalue weighted by atomic mass is 32.1. The fourth-order valence-electron chi connectivity index (χ4n) is 2.85. The Morgan fingerprint density at radius 2 is 1.71 bits per heavy atom. The van der Waals surface area contributed by atoms with Gasteiger partial charge in [0.2, 0.25) is 5.13 Å². The van der Waals surface area contributed by atoms with Crippen molar-refractivity contribution < 1.29 is 14.6 Å². The molecular weight excluding hydrogens is 374 g/mol. The van der Waals surface area contributed by atoms with Crippen LogP contribution in [0.15, 0.2) is 66.0 Å². The number of carbonyl (C=O) groups excluding carboxylic acids is 1. The van der Waals surface area contributed by atoms with Crippen LogP contribution in [0.2, 0.25) is 0 Å². The van der Waals surface area contributed by atoms with Crippen LogP contribution in [0.3, 0.4) is 0 Å². The van der Waals surface area contributed by atoms with Crippen LogP contribution >= 0.6 is 11.3 Å². The van der Waals surface area contributed by atoms with Crippen molar-refractivity contribution in [3.05, 3.63) is 71.7 Å². The number of carbonyl (C=O) groups is 1. The molecule has 0 bridgehead atoms. The second-order valence-corrected chi connectivity index (χ2v) is 6.76. The van der Waals surface area contributed by atoms with E-state index in [4.69, 9.17) is 4.74 Å². The van der Waals surface area contributed by atoms with Crippen molar-refractivity contribution in [2.24, 2.45) is 0 Å². The molecule has 4 aromatic rings. The summed E-state index contributed by atoms with van der Waals surface area (Å²) in [6.45, 7) is 2.03. The van der Waals surface area contributed by atoms with E-state index in [1.807, 2.05) is 60.7 Å².